The van der Waals surface area contributed by atoms with Gasteiger partial charge in [-0.1, -0.05) is 128 Å². The Labute approximate surface area is 248 Å². The van der Waals surface area contributed by atoms with Gasteiger partial charge in [-0.05, 0) is 80.9 Å². The van der Waals surface area contributed by atoms with Crippen LogP contribution in [0, 0.1) is 0 Å². The van der Waals surface area contributed by atoms with Gasteiger partial charge in [0, 0.05) is 5.41 Å². The Morgan fingerprint density at radius 1 is 0.537 bits per heavy atom. The average molecular weight is 551 g/mol. The smallest absolute Gasteiger partial charge is 0.119 e. The van der Waals surface area contributed by atoms with Crippen molar-refractivity contribution in [2.24, 2.45) is 0 Å². The van der Waals surface area contributed by atoms with Crippen LogP contribution in [0.3, 0.4) is 0 Å². The first-order valence-corrected chi connectivity index (χ1v) is 16.5. The minimum absolute atomic E-state index is 0.0633. The van der Waals surface area contributed by atoms with Crippen molar-refractivity contribution in [2.75, 3.05) is 13.2 Å². The number of benzene rings is 4. The van der Waals surface area contributed by atoms with Gasteiger partial charge in [-0.3, -0.25) is 0 Å². The molecular weight excluding hydrogens is 500 g/mol. The maximum Gasteiger partial charge on any atom is 0.119 e. The first-order valence-electron chi connectivity index (χ1n) is 16.5. The average Bonchev–Trinajstić information content (AvgIpc) is 3.23. The maximum atomic E-state index is 6.32. The molecule has 41 heavy (non-hydrogen) atoms. The summed E-state index contributed by atoms with van der Waals surface area (Å²) >= 11 is 0. The summed E-state index contributed by atoms with van der Waals surface area (Å²) < 4.78 is 12.6. The zero-order valence-electron chi connectivity index (χ0n) is 26.0. The highest BCUT2D eigenvalue weighted by Gasteiger charge is 2.38. The molecule has 0 fully saturated rings. The summed E-state index contributed by atoms with van der Waals surface area (Å²) in [4.78, 5) is 0. The summed E-state index contributed by atoms with van der Waals surface area (Å²) in [6, 6.07) is 22.5. The topological polar surface area (TPSA) is 18.5 Å². The number of fused-ring (bicyclic) bond motifs is 8. The van der Waals surface area contributed by atoms with Crippen molar-refractivity contribution < 1.29 is 9.47 Å². The largest absolute Gasteiger partial charge is 0.494 e. The van der Waals surface area contributed by atoms with Gasteiger partial charge in [0.25, 0.3) is 0 Å². The molecule has 0 saturated heterocycles. The molecule has 0 unspecified atom stereocenters. The van der Waals surface area contributed by atoms with Crippen molar-refractivity contribution in [2.45, 2.75) is 110 Å². The van der Waals surface area contributed by atoms with Crippen LogP contribution in [0.15, 0.2) is 60.7 Å². The van der Waals surface area contributed by atoms with Gasteiger partial charge in [0.1, 0.15) is 11.5 Å². The summed E-state index contributed by atoms with van der Waals surface area (Å²) in [5.74, 6) is 1.94. The van der Waals surface area contributed by atoms with Crippen LogP contribution < -0.4 is 9.47 Å². The second-order valence-corrected chi connectivity index (χ2v) is 12.6. The van der Waals surface area contributed by atoms with Crippen LogP contribution in [0.25, 0.3) is 32.7 Å². The van der Waals surface area contributed by atoms with Crippen molar-refractivity contribution >= 4 is 21.5 Å². The van der Waals surface area contributed by atoms with E-state index in [9.17, 15) is 0 Å². The zero-order valence-corrected chi connectivity index (χ0v) is 26.0. The van der Waals surface area contributed by atoms with Crippen molar-refractivity contribution in [3.8, 4) is 22.6 Å². The third-order valence-electron chi connectivity index (χ3n) is 9.09. The van der Waals surface area contributed by atoms with E-state index in [-0.39, 0.29) is 5.41 Å². The van der Waals surface area contributed by atoms with Gasteiger partial charge in [-0.25, -0.2) is 0 Å². The van der Waals surface area contributed by atoms with Crippen molar-refractivity contribution in [3.05, 3.63) is 71.8 Å². The normalized spacial score (nSPS) is 13.5. The first kappa shape index (κ1) is 29.5. The molecule has 0 aliphatic heterocycles. The van der Waals surface area contributed by atoms with Gasteiger partial charge in [0.2, 0.25) is 0 Å². The molecule has 0 radical (unpaired) electrons. The molecule has 218 valence electrons. The number of hydrogen-bond donors (Lipinski definition) is 0. The Morgan fingerprint density at radius 3 is 1.66 bits per heavy atom. The van der Waals surface area contributed by atoms with E-state index in [2.05, 4.69) is 88.4 Å². The number of rotatable bonds is 16. The van der Waals surface area contributed by atoms with Gasteiger partial charge in [0.15, 0.2) is 0 Å². The van der Waals surface area contributed by atoms with Gasteiger partial charge >= 0.3 is 0 Å². The van der Waals surface area contributed by atoms with E-state index < -0.39 is 0 Å². The molecule has 0 heterocycles. The third-order valence-corrected chi connectivity index (χ3v) is 9.09. The third kappa shape index (κ3) is 6.42. The molecule has 0 atom stereocenters. The molecule has 4 aromatic carbocycles. The molecular formula is C39H50O2. The highest BCUT2D eigenvalue weighted by molar-refractivity contribution is 6.18. The Kier molecular flexibility index (Phi) is 9.91. The lowest BCUT2D eigenvalue weighted by Crippen LogP contribution is -2.15. The Morgan fingerprint density at radius 2 is 1.05 bits per heavy atom. The monoisotopic (exact) mass is 550 g/mol. The van der Waals surface area contributed by atoms with Crippen LogP contribution in [0.2, 0.25) is 0 Å². The number of ether oxygens (including phenoxy) is 2. The van der Waals surface area contributed by atoms with Gasteiger partial charge in [-0.2, -0.15) is 0 Å². The minimum atomic E-state index is -0.0633. The van der Waals surface area contributed by atoms with E-state index in [1.807, 2.05) is 0 Å². The molecule has 4 aromatic rings. The van der Waals surface area contributed by atoms with Crippen LogP contribution >= 0.6 is 0 Å². The molecule has 1 aliphatic rings. The Bertz CT molecular complexity index is 1450. The maximum absolute atomic E-state index is 6.32. The Balaban J connectivity index is 1.46. The summed E-state index contributed by atoms with van der Waals surface area (Å²) in [6.07, 6.45) is 15.3. The van der Waals surface area contributed by atoms with Crippen molar-refractivity contribution in [1.29, 1.82) is 0 Å². The van der Waals surface area contributed by atoms with Crippen LogP contribution in [-0.4, -0.2) is 13.2 Å². The summed E-state index contributed by atoms with van der Waals surface area (Å²) in [5, 5.41) is 5.17. The fourth-order valence-corrected chi connectivity index (χ4v) is 6.83. The van der Waals surface area contributed by atoms with E-state index in [0.717, 1.165) is 37.6 Å². The zero-order chi connectivity index (χ0) is 28.7. The van der Waals surface area contributed by atoms with Gasteiger partial charge in [0.05, 0.1) is 13.2 Å². The fourth-order valence-electron chi connectivity index (χ4n) is 6.83. The van der Waals surface area contributed by atoms with Gasteiger partial charge in [-0.15, -0.1) is 0 Å². The fraction of sp³-hybridized carbons (Fsp3) is 0.487. The van der Waals surface area contributed by atoms with Crippen LogP contribution in [0.4, 0.5) is 0 Å². The molecule has 2 heteroatoms. The van der Waals surface area contributed by atoms with Crippen molar-refractivity contribution in [1.82, 2.24) is 0 Å². The lowest BCUT2D eigenvalue weighted by atomic mass is 9.79. The predicted molar refractivity (Wildman–Crippen MR) is 177 cm³/mol. The van der Waals surface area contributed by atoms with Crippen LogP contribution in [-0.2, 0) is 5.41 Å². The quantitative estimate of drug-likeness (QED) is 0.102. The predicted octanol–water partition coefficient (Wildman–Crippen LogP) is 11.8. The molecule has 0 amide bonds. The van der Waals surface area contributed by atoms with E-state index >= 15 is 0 Å². The van der Waals surface area contributed by atoms with Gasteiger partial charge < -0.3 is 9.47 Å². The van der Waals surface area contributed by atoms with E-state index in [1.165, 1.54) is 108 Å². The first-order chi connectivity index (χ1) is 20.1. The molecule has 2 nitrogen and oxygen atoms in total. The van der Waals surface area contributed by atoms with Crippen LogP contribution in [0.5, 0.6) is 11.5 Å². The van der Waals surface area contributed by atoms with E-state index in [0.29, 0.717) is 0 Å². The number of hydrogen-bond acceptors (Lipinski definition) is 2. The molecule has 5 rings (SSSR count). The minimum Gasteiger partial charge on any atom is -0.494 e. The highest BCUT2D eigenvalue weighted by Crippen LogP contribution is 2.55. The number of unbranched alkanes of at least 4 members (excludes halogenated alkanes) is 10. The second kappa shape index (κ2) is 13.8. The van der Waals surface area contributed by atoms with E-state index in [4.69, 9.17) is 9.47 Å². The SMILES string of the molecule is CCCCCCCCOc1ccc2c3c(c4ccc(OCCCCCCCC)cc4c2c1)C(C)(C)c1ccccc1-3. The molecule has 0 saturated carbocycles. The molecule has 1 aliphatic carbocycles. The highest BCUT2D eigenvalue weighted by atomic mass is 16.5. The van der Waals surface area contributed by atoms with E-state index in [1.54, 1.807) is 0 Å². The molecule has 0 spiro atoms. The lowest BCUT2D eigenvalue weighted by Gasteiger charge is -2.24. The molecule has 0 aromatic heterocycles. The molecule has 0 bridgehead atoms. The summed E-state index contributed by atoms with van der Waals surface area (Å²) in [6.45, 7) is 10.9. The second-order valence-electron chi connectivity index (χ2n) is 12.6. The van der Waals surface area contributed by atoms with Crippen LogP contribution in [0.1, 0.15) is 116 Å². The summed E-state index contributed by atoms with van der Waals surface area (Å²) in [7, 11) is 0. The molecule has 0 N–H and O–H groups in total. The standard InChI is InChI=1S/C39H50O2/c1-5-7-9-11-13-17-25-40-29-21-23-31-34(27-29)35-28-30(41-26-18-14-12-10-8-6-2)22-24-32(35)38-37(31)33-19-15-16-20-36(33)39(38,3)4/h15-16,19-24,27-28H,5-14,17-18,25-26H2,1-4H3. The lowest BCUT2D eigenvalue weighted by molar-refractivity contribution is 0.304. The van der Waals surface area contributed by atoms with Crippen molar-refractivity contribution in [3.63, 3.8) is 0 Å². The summed E-state index contributed by atoms with van der Waals surface area (Å²) in [5.41, 5.74) is 5.53. The Hall–Kier alpha value is -3.00.